The van der Waals surface area contributed by atoms with Gasteiger partial charge in [-0.25, -0.2) is 4.39 Å². The standard InChI is InChI=1S/C17H20FNO2/c1-4-15(12-5-7-13(18)8-6-12)19-16-10-9-14(20-2)11-17(16)21-3/h5-11,15,19H,4H2,1-3H3. The minimum Gasteiger partial charge on any atom is -0.497 e. The normalized spacial score (nSPS) is 11.8. The summed E-state index contributed by atoms with van der Waals surface area (Å²) in [5.74, 6) is 1.23. The zero-order chi connectivity index (χ0) is 15.2. The maximum atomic E-state index is 13.0. The quantitative estimate of drug-likeness (QED) is 0.854. The van der Waals surface area contributed by atoms with Gasteiger partial charge in [0.25, 0.3) is 0 Å². The predicted octanol–water partition coefficient (Wildman–Crippen LogP) is 4.41. The Labute approximate surface area is 124 Å². The van der Waals surface area contributed by atoms with Crippen molar-refractivity contribution in [2.24, 2.45) is 0 Å². The molecule has 2 aromatic carbocycles. The lowest BCUT2D eigenvalue weighted by molar-refractivity contribution is 0.395. The Hall–Kier alpha value is -2.23. The Morgan fingerprint density at radius 1 is 1.05 bits per heavy atom. The molecule has 0 aromatic heterocycles. The lowest BCUT2D eigenvalue weighted by Crippen LogP contribution is -2.10. The van der Waals surface area contributed by atoms with E-state index < -0.39 is 0 Å². The second kappa shape index (κ2) is 6.97. The first-order valence-electron chi connectivity index (χ1n) is 6.92. The van der Waals surface area contributed by atoms with E-state index in [1.807, 2.05) is 18.2 Å². The van der Waals surface area contributed by atoms with E-state index in [1.165, 1.54) is 12.1 Å². The van der Waals surface area contributed by atoms with Crippen molar-refractivity contribution in [2.75, 3.05) is 19.5 Å². The van der Waals surface area contributed by atoms with E-state index in [-0.39, 0.29) is 11.9 Å². The Kier molecular flexibility index (Phi) is 5.04. The van der Waals surface area contributed by atoms with Crippen molar-refractivity contribution in [3.05, 3.63) is 53.8 Å². The van der Waals surface area contributed by atoms with Crippen LogP contribution in [-0.2, 0) is 0 Å². The highest BCUT2D eigenvalue weighted by atomic mass is 19.1. The van der Waals surface area contributed by atoms with E-state index >= 15 is 0 Å². The molecule has 0 heterocycles. The molecule has 0 aliphatic rings. The lowest BCUT2D eigenvalue weighted by atomic mass is 10.0. The van der Waals surface area contributed by atoms with Gasteiger partial charge >= 0.3 is 0 Å². The second-order valence-corrected chi connectivity index (χ2v) is 4.72. The minimum absolute atomic E-state index is 0.0906. The van der Waals surface area contributed by atoms with Crippen molar-refractivity contribution >= 4 is 5.69 Å². The largest absolute Gasteiger partial charge is 0.497 e. The molecule has 2 aromatic rings. The monoisotopic (exact) mass is 289 g/mol. The van der Waals surface area contributed by atoms with E-state index in [4.69, 9.17) is 9.47 Å². The summed E-state index contributed by atoms with van der Waals surface area (Å²) in [5.41, 5.74) is 1.92. The first kappa shape index (κ1) is 15.2. The highest BCUT2D eigenvalue weighted by Gasteiger charge is 2.12. The number of nitrogens with one attached hydrogen (secondary N) is 1. The first-order valence-corrected chi connectivity index (χ1v) is 6.92. The Morgan fingerprint density at radius 3 is 2.33 bits per heavy atom. The van der Waals surface area contributed by atoms with Gasteiger partial charge in [-0.2, -0.15) is 0 Å². The molecule has 21 heavy (non-hydrogen) atoms. The second-order valence-electron chi connectivity index (χ2n) is 4.72. The molecule has 0 saturated heterocycles. The molecular formula is C17H20FNO2. The van der Waals surface area contributed by atoms with E-state index in [2.05, 4.69) is 12.2 Å². The molecule has 3 nitrogen and oxygen atoms in total. The summed E-state index contributed by atoms with van der Waals surface area (Å²) in [6.45, 7) is 2.08. The molecule has 0 fully saturated rings. The van der Waals surface area contributed by atoms with E-state index in [9.17, 15) is 4.39 Å². The molecule has 0 saturated carbocycles. The zero-order valence-electron chi connectivity index (χ0n) is 12.5. The average molecular weight is 289 g/mol. The van der Waals surface area contributed by atoms with Crippen LogP contribution in [0.3, 0.4) is 0 Å². The van der Waals surface area contributed by atoms with Gasteiger partial charge in [-0.3, -0.25) is 0 Å². The van der Waals surface area contributed by atoms with Gasteiger partial charge in [-0.1, -0.05) is 19.1 Å². The van der Waals surface area contributed by atoms with Crippen LogP contribution in [0, 0.1) is 5.82 Å². The van der Waals surface area contributed by atoms with E-state index in [1.54, 1.807) is 26.4 Å². The van der Waals surface area contributed by atoms with Crippen molar-refractivity contribution in [3.63, 3.8) is 0 Å². The summed E-state index contributed by atoms with van der Waals surface area (Å²) in [7, 11) is 3.24. The molecule has 1 unspecified atom stereocenters. The molecule has 0 amide bonds. The maximum absolute atomic E-state index is 13.0. The lowest BCUT2D eigenvalue weighted by Gasteiger charge is -2.21. The van der Waals surface area contributed by atoms with Crippen molar-refractivity contribution in [1.82, 2.24) is 0 Å². The molecule has 0 spiro atoms. The Morgan fingerprint density at radius 2 is 1.76 bits per heavy atom. The van der Waals surface area contributed by atoms with Crippen molar-refractivity contribution < 1.29 is 13.9 Å². The van der Waals surface area contributed by atoms with Crippen LogP contribution in [-0.4, -0.2) is 14.2 Å². The molecule has 2 rings (SSSR count). The summed E-state index contributed by atoms with van der Waals surface area (Å²) in [5, 5.41) is 3.43. The topological polar surface area (TPSA) is 30.5 Å². The molecule has 1 N–H and O–H groups in total. The summed E-state index contributed by atoms with van der Waals surface area (Å²) < 4.78 is 23.6. The molecule has 0 bridgehead atoms. The number of hydrogen-bond donors (Lipinski definition) is 1. The zero-order valence-corrected chi connectivity index (χ0v) is 12.5. The summed E-state index contributed by atoms with van der Waals surface area (Å²) in [6.07, 6.45) is 0.876. The third-order valence-electron chi connectivity index (χ3n) is 3.42. The van der Waals surface area contributed by atoms with Gasteiger partial charge in [-0.15, -0.1) is 0 Å². The average Bonchev–Trinajstić information content (AvgIpc) is 2.53. The van der Waals surface area contributed by atoms with Crippen LogP contribution in [0.15, 0.2) is 42.5 Å². The van der Waals surface area contributed by atoms with Crippen LogP contribution in [0.2, 0.25) is 0 Å². The van der Waals surface area contributed by atoms with Crippen LogP contribution >= 0.6 is 0 Å². The molecule has 0 radical (unpaired) electrons. The van der Waals surface area contributed by atoms with Crippen molar-refractivity contribution in [2.45, 2.75) is 19.4 Å². The Balaban J connectivity index is 2.24. The number of benzene rings is 2. The predicted molar refractivity (Wildman–Crippen MR) is 82.6 cm³/mol. The molecule has 0 aliphatic carbocycles. The van der Waals surface area contributed by atoms with Crippen LogP contribution in [0.5, 0.6) is 11.5 Å². The first-order chi connectivity index (χ1) is 10.2. The maximum Gasteiger partial charge on any atom is 0.145 e. The molecular weight excluding hydrogens is 269 g/mol. The van der Waals surface area contributed by atoms with Crippen LogP contribution in [0.4, 0.5) is 10.1 Å². The highest BCUT2D eigenvalue weighted by Crippen LogP contribution is 2.32. The highest BCUT2D eigenvalue weighted by molar-refractivity contribution is 5.60. The number of halogens is 1. The fourth-order valence-corrected chi connectivity index (χ4v) is 2.22. The summed E-state index contributed by atoms with van der Waals surface area (Å²) >= 11 is 0. The minimum atomic E-state index is -0.226. The van der Waals surface area contributed by atoms with Gasteiger partial charge in [0.05, 0.1) is 25.9 Å². The number of anilines is 1. The number of hydrogen-bond acceptors (Lipinski definition) is 3. The van der Waals surface area contributed by atoms with Gasteiger partial charge in [0, 0.05) is 6.07 Å². The van der Waals surface area contributed by atoms with E-state index in [0.29, 0.717) is 0 Å². The summed E-state index contributed by atoms with van der Waals surface area (Å²) in [4.78, 5) is 0. The number of rotatable bonds is 6. The summed E-state index contributed by atoms with van der Waals surface area (Å²) in [6, 6.07) is 12.3. The van der Waals surface area contributed by atoms with Crippen LogP contribution in [0.1, 0.15) is 24.9 Å². The van der Waals surface area contributed by atoms with Gasteiger partial charge in [0.2, 0.25) is 0 Å². The number of methoxy groups -OCH3 is 2. The van der Waals surface area contributed by atoms with Crippen LogP contribution in [0.25, 0.3) is 0 Å². The molecule has 0 aliphatic heterocycles. The third kappa shape index (κ3) is 3.66. The van der Waals surface area contributed by atoms with Crippen molar-refractivity contribution in [3.8, 4) is 11.5 Å². The molecule has 112 valence electrons. The molecule has 1 atom stereocenters. The SMILES string of the molecule is CCC(Nc1ccc(OC)cc1OC)c1ccc(F)cc1. The fourth-order valence-electron chi connectivity index (χ4n) is 2.22. The fraction of sp³-hybridized carbons (Fsp3) is 0.294. The van der Waals surface area contributed by atoms with Gasteiger partial charge in [0.1, 0.15) is 17.3 Å². The van der Waals surface area contributed by atoms with Crippen molar-refractivity contribution in [1.29, 1.82) is 0 Å². The smallest absolute Gasteiger partial charge is 0.145 e. The number of ether oxygens (including phenoxy) is 2. The third-order valence-corrected chi connectivity index (χ3v) is 3.42. The van der Waals surface area contributed by atoms with Crippen LogP contribution < -0.4 is 14.8 Å². The Bertz CT molecular complexity index is 584. The van der Waals surface area contributed by atoms with E-state index in [0.717, 1.165) is 29.2 Å². The van der Waals surface area contributed by atoms with Gasteiger partial charge in [0.15, 0.2) is 0 Å². The van der Waals surface area contributed by atoms with Gasteiger partial charge in [-0.05, 0) is 36.2 Å². The molecule has 4 heteroatoms. The van der Waals surface area contributed by atoms with Gasteiger partial charge < -0.3 is 14.8 Å².